The molecule has 0 unspecified atom stereocenters. The van der Waals surface area contributed by atoms with Gasteiger partial charge in [-0.15, -0.1) is 0 Å². The summed E-state index contributed by atoms with van der Waals surface area (Å²) in [4.78, 5) is 24.8. The van der Waals surface area contributed by atoms with E-state index >= 15 is 0 Å². The van der Waals surface area contributed by atoms with Gasteiger partial charge in [0.2, 0.25) is 0 Å². The monoisotopic (exact) mass is 272 g/mol. The zero-order chi connectivity index (χ0) is 13.9. The van der Waals surface area contributed by atoms with Crippen LogP contribution in [0, 0.1) is 0 Å². The summed E-state index contributed by atoms with van der Waals surface area (Å²) in [5, 5.41) is 0. The molecule has 0 aromatic carbocycles. The molecule has 0 spiro atoms. The average molecular weight is 272 g/mol. The maximum atomic E-state index is 12.0. The van der Waals surface area contributed by atoms with Crippen molar-refractivity contribution in [3.63, 3.8) is 0 Å². The third kappa shape index (κ3) is 3.66. The highest BCUT2D eigenvalue weighted by Crippen LogP contribution is 2.23. The van der Waals surface area contributed by atoms with E-state index < -0.39 is 17.6 Å². The van der Waals surface area contributed by atoms with Gasteiger partial charge >= 0.3 is 6.09 Å². The Labute approximate surface area is 112 Å². The summed E-state index contributed by atoms with van der Waals surface area (Å²) in [5.41, 5.74) is 5.59. The molecule has 102 valence electrons. The number of imide groups is 1. The smallest absolute Gasteiger partial charge is 0.417 e. The molecule has 0 aromatic heterocycles. The van der Waals surface area contributed by atoms with Crippen molar-refractivity contribution in [2.75, 3.05) is 12.0 Å². The van der Waals surface area contributed by atoms with Gasteiger partial charge in [0.15, 0.2) is 0 Å². The highest BCUT2D eigenvalue weighted by Gasteiger charge is 2.38. The van der Waals surface area contributed by atoms with Crippen molar-refractivity contribution >= 4 is 23.8 Å². The van der Waals surface area contributed by atoms with Crippen LogP contribution in [0.4, 0.5) is 4.79 Å². The van der Waals surface area contributed by atoms with Crippen LogP contribution in [0.3, 0.4) is 0 Å². The number of rotatable bonds is 3. The largest absolute Gasteiger partial charge is 0.443 e. The van der Waals surface area contributed by atoms with Gasteiger partial charge < -0.3 is 10.5 Å². The Bertz CT molecular complexity index is 374. The second kappa shape index (κ2) is 5.65. The first-order valence-electron chi connectivity index (χ1n) is 5.78. The quantitative estimate of drug-likeness (QED) is 0.847. The summed E-state index contributed by atoms with van der Waals surface area (Å²) in [6, 6.07) is -0.375. The fraction of sp³-hybridized carbons (Fsp3) is 0.667. The van der Waals surface area contributed by atoms with E-state index in [1.165, 1.54) is 6.08 Å². The summed E-state index contributed by atoms with van der Waals surface area (Å²) in [6.07, 6.45) is 3.29. The molecule has 0 radical (unpaired) electrons. The first kappa shape index (κ1) is 14.9. The van der Waals surface area contributed by atoms with Crippen LogP contribution in [-0.2, 0) is 9.53 Å². The molecule has 2 amide bonds. The number of nitrogens with zero attached hydrogens (tertiary/aromatic N) is 1. The molecule has 2 N–H and O–H groups in total. The lowest BCUT2D eigenvalue weighted by molar-refractivity contribution is -0.125. The molecular formula is C12H20N2O3S. The highest BCUT2D eigenvalue weighted by molar-refractivity contribution is 7.98. The maximum Gasteiger partial charge on any atom is 0.417 e. The molecule has 1 aliphatic rings. The Balaban J connectivity index is 2.78. The molecule has 5 nitrogen and oxygen atoms in total. The maximum absolute atomic E-state index is 12.0. The van der Waals surface area contributed by atoms with Gasteiger partial charge in [0, 0.05) is 11.8 Å². The zero-order valence-electron chi connectivity index (χ0n) is 11.2. The predicted octanol–water partition coefficient (Wildman–Crippen LogP) is 1.73. The predicted molar refractivity (Wildman–Crippen MR) is 72.1 cm³/mol. The molecule has 1 rings (SSSR count). The van der Waals surface area contributed by atoms with Crippen LogP contribution in [0.15, 0.2) is 11.8 Å². The SMILES string of the molecule is CSCC[C@H]1C(N)=CC(=O)N1C(=O)OC(C)(C)C. The van der Waals surface area contributed by atoms with E-state index in [0.717, 1.165) is 10.7 Å². The molecule has 0 fully saturated rings. The Morgan fingerprint density at radius 2 is 2.17 bits per heavy atom. The third-order valence-corrected chi connectivity index (χ3v) is 3.05. The molecule has 18 heavy (non-hydrogen) atoms. The van der Waals surface area contributed by atoms with Gasteiger partial charge in [0.25, 0.3) is 5.91 Å². The Kier molecular flexibility index (Phi) is 4.67. The minimum Gasteiger partial charge on any atom is -0.443 e. The van der Waals surface area contributed by atoms with Gasteiger partial charge in [-0.3, -0.25) is 4.79 Å². The van der Waals surface area contributed by atoms with E-state index in [-0.39, 0.29) is 6.04 Å². The van der Waals surface area contributed by atoms with E-state index in [9.17, 15) is 9.59 Å². The second-order valence-corrected chi connectivity index (χ2v) is 6.12. The van der Waals surface area contributed by atoms with E-state index in [4.69, 9.17) is 10.5 Å². The number of hydrogen-bond acceptors (Lipinski definition) is 5. The third-order valence-electron chi connectivity index (χ3n) is 2.41. The topological polar surface area (TPSA) is 72.6 Å². The summed E-state index contributed by atoms with van der Waals surface area (Å²) in [6.45, 7) is 5.29. The van der Waals surface area contributed by atoms with Gasteiger partial charge in [0.1, 0.15) is 5.60 Å². The Hall–Kier alpha value is -1.17. The number of carbonyl (C=O) groups excluding carboxylic acids is 2. The van der Waals surface area contributed by atoms with Crippen molar-refractivity contribution in [1.82, 2.24) is 4.90 Å². The number of hydrogen-bond donors (Lipinski definition) is 1. The first-order chi connectivity index (χ1) is 8.26. The molecule has 1 heterocycles. The van der Waals surface area contributed by atoms with Crippen molar-refractivity contribution in [3.05, 3.63) is 11.8 Å². The standard InChI is InChI=1S/C12H20N2O3S/c1-12(2,3)17-11(16)14-9(5-6-18-4)8(13)7-10(14)15/h7,9H,5-6,13H2,1-4H3/t9-/m0/s1. The lowest BCUT2D eigenvalue weighted by Crippen LogP contribution is -2.44. The number of nitrogens with two attached hydrogens (primary N) is 1. The van der Waals surface area contributed by atoms with Gasteiger partial charge in [-0.2, -0.15) is 11.8 Å². The zero-order valence-corrected chi connectivity index (χ0v) is 12.0. The van der Waals surface area contributed by atoms with Crippen molar-refractivity contribution in [2.45, 2.75) is 38.8 Å². The number of carbonyl (C=O) groups is 2. The molecule has 0 saturated carbocycles. The van der Waals surface area contributed by atoms with Crippen molar-refractivity contribution in [1.29, 1.82) is 0 Å². The molecule has 0 bridgehead atoms. The molecular weight excluding hydrogens is 252 g/mol. The van der Waals surface area contributed by atoms with Gasteiger partial charge in [-0.05, 0) is 39.2 Å². The first-order valence-corrected chi connectivity index (χ1v) is 7.18. The molecule has 0 saturated heterocycles. The molecule has 6 heteroatoms. The normalized spacial score (nSPS) is 20.0. The van der Waals surface area contributed by atoms with Crippen molar-refractivity contribution in [2.24, 2.45) is 5.73 Å². The average Bonchev–Trinajstić information content (AvgIpc) is 2.47. The molecule has 1 atom stereocenters. The number of thioether (sulfide) groups is 1. The Morgan fingerprint density at radius 1 is 1.56 bits per heavy atom. The highest BCUT2D eigenvalue weighted by atomic mass is 32.2. The summed E-state index contributed by atoms with van der Waals surface area (Å²) in [5.74, 6) is 0.430. The van der Waals surface area contributed by atoms with Crippen LogP contribution in [-0.4, -0.2) is 40.6 Å². The molecule has 0 aliphatic carbocycles. The van der Waals surface area contributed by atoms with Crippen LogP contribution in [0.2, 0.25) is 0 Å². The van der Waals surface area contributed by atoms with E-state index in [2.05, 4.69) is 0 Å². The van der Waals surface area contributed by atoms with Crippen molar-refractivity contribution in [3.8, 4) is 0 Å². The van der Waals surface area contributed by atoms with E-state index in [1.54, 1.807) is 32.5 Å². The molecule has 0 aromatic rings. The van der Waals surface area contributed by atoms with Crippen LogP contribution >= 0.6 is 11.8 Å². The van der Waals surface area contributed by atoms with Gasteiger partial charge in [-0.25, -0.2) is 9.69 Å². The molecule has 1 aliphatic heterocycles. The second-order valence-electron chi connectivity index (χ2n) is 5.13. The van der Waals surface area contributed by atoms with Crippen LogP contribution in [0.25, 0.3) is 0 Å². The van der Waals surface area contributed by atoms with E-state index in [1.807, 2.05) is 6.26 Å². The minimum absolute atomic E-state index is 0.375. The number of ether oxygens (including phenoxy) is 1. The number of amides is 2. The minimum atomic E-state index is -0.629. The lowest BCUT2D eigenvalue weighted by Gasteiger charge is -2.27. The summed E-state index contributed by atoms with van der Waals surface area (Å²) < 4.78 is 5.22. The van der Waals surface area contributed by atoms with Gasteiger partial charge in [0.05, 0.1) is 6.04 Å². The van der Waals surface area contributed by atoms with Crippen LogP contribution in [0.1, 0.15) is 27.2 Å². The lowest BCUT2D eigenvalue weighted by atomic mass is 10.2. The van der Waals surface area contributed by atoms with Crippen LogP contribution < -0.4 is 5.73 Å². The van der Waals surface area contributed by atoms with Crippen LogP contribution in [0.5, 0.6) is 0 Å². The summed E-state index contributed by atoms with van der Waals surface area (Å²) in [7, 11) is 0. The van der Waals surface area contributed by atoms with Gasteiger partial charge in [-0.1, -0.05) is 0 Å². The Morgan fingerprint density at radius 3 is 2.67 bits per heavy atom. The van der Waals surface area contributed by atoms with E-state index in [0.29, 0.717) is 12.1 Å². The fourth-order valence-corrected chi connectivity index (χ4v) is 2.12. The fourth-order valence-electron chi connectivity index (χ4n) is 1.66. The summed E-state index contributed by atoms with van der Waals surface area (Å²) >= 11 is 1.65. The van der Waals surface area contributed by atoms with Crippen molar-refractivity contribution < 1.29 is 14.3 Å².